The number of aldehydes is 1. The maximum atomic E-state index is 13.0. The Morgan fingerprint density at radius 1 is 1.45 bits per heavy atom. The number of benzene rings is 1. The highest BCUT2D eigenvalue weighted by Crippen LogP contribution is 2.33. The number of carbonyl (C=O) groups excluding carboxylic acids is 2. The van der Waals surface area contributed by atoms with Crippen molar-refractivity contribution in [3.63, 3.8) is 0 Å². The molecule has 1 saturated carbocycles. The molecule has 5 heteroatoms. The fourth-order valence-corrected chi connectivity index (χ4v) is 2.63. The fraction of sp³-hybridized carbons (Fsp3) is 0.467. The van der Waals surface area contributed by atoms with Crippen molar-refractivity contribution in [3.05, 3.63) is 34.6 Å². The lowest BCUT2D eigenvalue weighted by Gasteiger charge is -2.33. The van der Waals surface area contributed by atoms with Crippen molar-refractivity contribution in [1.29, 1.82) is 0 Å². The SMILES string of the molecule is CC1(C=O)CCC(NC(=O)c2ccc(F)c(Cl)c2)CC1. The molecule has 0 atom stereocenters. The molecule has 1 aliphatic rings. The molecular weight excluding hydrogens is 281 g/mol. The summed E-state index contributed by atoms with van der Waals surface area (Å²) >= 11 is 5.66. The molecule has 0 aliphatic heterocycles. The van der Waals surface area contributed by atoms with Gasteiger partial charge in [0.2, 0.25) is 0 Å². The normalized spacial score (nSPS) is 26.1. The van der Waals surface area contributed by atoms with Gasteiger partial charge in [0, 0.05) is 17.0 Å². The molecule has 0 radical (unpaired) electrons. The summed E-state index contributed by atoms with van der Waals surface area (Å²) in [6.45, 7) is 1.94. The van der Waals surface area contributed by atoms with Gasteiger partial charge in [-0.3, -0.25) is 4.79 Å². The molecule has 20 heavy (non-hydrogen) atoms. The summed E-state index contributed by atoms with van der Waals surface area (Å²) < 4.78 is 13.0. The highest BCUT2D eigenvalue weighted by Gasteiger charge is 2.31. The molecule has 0 heterocycles. The van der Waals surface area contributed by atoms with Crippen LogP contribution >= 0.6 is 11.6 Å². The van der Waals surface area contributed by atoms with Crippen molar-refractivity contribution in [2.24, 2.45) is 5.41 Å². The molecule has 0 saturated heterocycles. The third kappa shape index (κ3) is 3.37. The first-order valence-electron chi connectivity index (χ1n) is 6.66. The predicted molar refractivity (Wildman–Crippen MR) is 75.3 cm³/mol. The third-order valence-corrected chi connectivity index (χ3v) is 4.22. The van der Waals surface area contributed by atoms with Gasteiger partial charge in [-0.05, 0) is 43.9 Å². The molecule has 1 aliphatic carbocycles. The summed E-state index contributed by atoms with van der Waals surface area (Å²) in [5.41, 5.74) is 0.0839. The van der Waals surface area contributed by atoms with Gasteiger partial charge in [0.15, 0.2) is 0 Å². The van der Waals surface area contributed by atoms with Crippen LogP contribution in [0.4, 0.5) is 4.39 Å². The van der Waals surface area contributed by atoms with E-state index in [2.05, 4.69) is 5.32 Å². The average Bonchev–Trinajstić information content (AvgIpc) is 2.44. The van der Waals surface area contributed by atoms with Gasteiger partial charge in [0.05, 0.1) is 5.02 Å². The van der Waals surface area contributed by atoms with Crippen LogP contribution in [0.2, 0.25) is 5.02 Å². The molecular formula is C15H17ClFNO2. The number of amides is 1. The lowest BCUT2D eigenvalue weighted by Crippen LogP contribution is -2.40. The summed E-state index contributed by atoms with van der Waals surface area (Å²) in [6.07, 6.45) is 4.09. The van der Waals surface area contributed by atoms with Gasteiger partial charge in [-0.2, -0.15) is 0 Å². The van der Waals surface area contributed by atoms with E-state index in [0.29, 0.717) is 5.56 Å². The highest BCUT2D eigenvalue weighted by atomic mass is 35.5. The number of nitrogens with one attached hydrogen (secondary N) is 1. The van der Waals surface area contributed by atoms with Crippen LogP contribution in [0.5, 0.6) is 0 Å². The van der Waals surface area contributed by atoms with E-state index < -0.39 is 5.82 Å². The fourth-order valence-electron chi connectivity index (χ4n) is 2.45. The maximum absolute atomic E-state index is 13.0. The summed E-state index contributed by atoms with van der Waals surface area (Å²) in [4.78, 5) is 23.0. The van der Waals surface area contributed by atoms with Crippen molar-refractivity contribution < 1.29 is 14.0 Å². The zero-order valence-electron chi connectivity index (χ0n) is 11.3. The molecule has 1 N–H and O–H groups in total. The Hall–Kier alpha value is -1.42. The molecule has 1 fully saturated rings. The van der Waals surface area contributed by atoms with Crippen molar-refractivity contribution in [3.8, 4) is 0 Å². The lowest BCUT2D eigenvalue weighted by molar-refractivity contribution is -0.117. The van der Waals surface area contributed by atoms with E-state index in [1.807, 2.05) is 6.92 Å². The Balaban J connectivity index is 1.95. The first-order chi connectivity index (χ1) is 9.43. The number of hydrogen-bond donors (Lipinski definition) is 1. The van der Waals surface area contributed by atoms with E-state index in [4.69, 9.17) is 11.6 Å². The highest BCUT2D eigenvalue weighted by molar-refractivity contribution is 6.31. The van der Waals surface area contributed by atoms with Crippen LogP contribution < -0.4 is 5.32 Å². The van der Waals surface area contributed by atoms with Gasteiger partial charge in [-0.1, -0.05) is 18.5 Å². The Kier molecular flexibility index (Phi) is 4.43. The molecule has 108 valence electrons. The predicted octanol–water partition coefficient (Wildman–Crippen LogP) is 3.36. The largest absolute Gasteiger partial charge is 0.349 e. The Labute approximate surface area is 122 Å². The van der Waals surface area contributed by atoms with E-state index in [1.54, 1.807) is 0 Å². The Morgan fingerprint density at radius 3 is 2.65 bits per heavy atom. The van der Waals surface area contributed by atoms with Crippen LogP contribution in [0.1, 0.15) is 43.0 Å². The maximum Gasteiger partial charge on any atom is 0.251 e. The van der Waals surface area contributed by atoms with Crippen LogP contribution in [0.25, 0.3) is 0 Å². The molecule has 1 aromatic carbocycles. The van der Waals surface area contributed by atoms with Crippen molar-refractivity contribution in [1.82, 2.24) is 5.32 Å². The Bertz CT molecular complexity index is 525. The molecule has 0 bridgehead atoms. The summed E-state index contributed by atoms with van der Waals surface area (Å²) in [7, 11) is 0. The van der Waals surface area contributed by atoms with Crippen LogP contribution in [-0.2, 0) is 4.79 Å². The summed E-state index contributed by atoms with van der Waals surface area (Å²) in [5, 5.41) is 2.85. The first-order valence-corrected chi connectivity index (χ1v) is 7.03. The topological polar surface area (TPSA) is 46.2 Å². The van der Waals surface area contributed by atoms with Gasteiger partial charge in [0.25, 0.3) is 5.91 Å². The second-order valence-electron chi connectivity index (χ2n) is 5.65. The molecule has 1 amide bonds. The quantitative estimate of drug-likeness (QED) is 0.870. The van der Waals surface area contributed by atoms with E-state index in [0.717, 1.165) is 32.0 Å². The molecule has 3 nitrogen and oxygen atoms in total. The first kappa shape index (κ1) is 15.0. The van der Waals surface area contributed by atoms with Crippen molar-refractivity contribution in [2.45, 2.75) is 38.6 Å². The second kappa shape index (κ2) is 5.92. The van der Waals surface area contributed by atoms with Gasteiger partial charge in [0.1, 0.15) is 12.1 Å². The number of carbonyl (C=O) groups is 2. The summed E-state index contributed by atoms with van der Waals surface area (Å²) in [6, 6.07) is 3.97. The van der Waals surface area contributed by atoms with Crippen LogP contribution in [0.3, 0.4) is 0 Å². The third-order valence-electron chi connectivity index (χ3n) is 3.93. The molecule has 0 aromatic heterocycles. The number of halogens is 2. The van der Waals surface area contributed by atoms with E-state index in [9.17, 15) is 14.0 Å². The van der Waals surface area contributed by atoms with Crippen LogP contribution in [-0.4, -0.2) is 18.2 Å². The molecule has 1 aromatic rings. The van der Waals surface area contributed by atoms with Crippen LogP contribution in [0, 0.1) is 11.2 Å². The minimum Gasteiger partial charge on any atom is -0.349 e. The molecule has 0 spiro atoms. The van der Waals surface area contributed by atoms with Gasteiger partial charge in [-0.25, -0.2) is 4.39 Å². The standard InChI is InChI=1S/C15H17ClFNO2/c1-15(9-19)6-4-11(5-7-15)18-14(20)10-2-3-13(17)12(16)8-10/h2-3,8-9,11H,4-7H2,1H3,(H,18,20). The number of hydrogen-bond acceptors (Lipinski definition) is 2. The molecule has 2 rings (SSSR count). The van der Waals surface area contributed by atoms with Gasteiger partial charge >= 0.3 is 0 Å². The minimum atomic E-state index is -0.539. The van der Waals surface area contributed by atoms with Gasteiger partial charge in [-0.15, -0.1) is 0 Å². The van der Waals surface area contributed by atoms with E-state index in [1.165, 1.54) is 18.2 Å². The zero-order chi connectivity index (χ0) is 14.8. The van der Waals surface area contributed by atoms with E-state index in [-0.39, 0.29) is 22.4 Å². The Morgan fingerprint density at radius 2 is 2.10 bits per heavy atom. The number of rotatable bonds is 3. The average molecular weight is 298 g/mol. The molecule has 0 unspecified atom stereocenters. The smallest absolute Gasteiger partial charge is 0.251 e. The zero-order valence-corrected chi connectivity index (χ0v) is 12.0. The van der Waals surface area contributed by atoms with Crippen LogP contribution in [0.15, 0.2) is 18.2 Å². The van der Waals surface area contributed by atoms with Crippen molar-refractivity contribution in [2.75, 3.05) is 0 Å². The minimum absolute atomic E-state index is 0.0550. The lowest BCUT2D eigenvalue weighted by atomic mass is 9.75. The van der Waals surface area contributed by atoms with Gasteiger partial charge < -0.3 is 10.1 Å². The second-order valence-corrected chi connectivity index (χ2v) is 6.06. The summed E-state index contributed by atoms with van der Waals surface area (Å²) in [5.74, 6) is -0.797. The van der Waals surface area contributed by atoms with E-state index >= 15 is 0 Å². The monoisotopic (exact) mass is 297 g/mol. The van der Waals surface area contributed by atoms with Crippen molar-refractivity contribution >= 4 is 23.8 Å².